The van der Waals surface area contributed by atoms with Crippen molar-refractivity contribution in [3.05, 3.63) is 76.1 Å². The molecule has 0 bridgehead atoms. The summed E-state index contributed by atoms with van der Waals surface area (Å²) in [5.74, 6) is 0.709. The average Bonchev–Trinajstić information content (AvgIpc) is 3.23. The van der Waals surface area contributed by atoms with Crippen LogP contribution in [0.25, 0.3) is 22.6 Å². The SMILES string of the molecule is CC(C)c1cccc2c(-c3nn[nH]n3)c(=O)n(CCCc3ccccc3)c-2c1. The molecule has 1 N–H and O–H groups in total. The van der Waals surface area contributed by atoms with Crippen LogP contribution in [0.3, 0.4) is 0 Å². The summed E-state index contributed by atoms with van der Waals surface area (Å²) in [6.07, 6.45) is 1.80. The molecule has 1 aliphatic heterocycles. The minimum atomic E-state index is -0.0645. The molecule has 2 aliphatic rings. The van der Waals surface area contributed by atoms with Gasteiger partial charge in [0.05, 0.1) is 11.3 Å². The number of nitrogens with zero attached hydrogens (tertiary/aromatic N) is 4. The lowest BCUT2D eigenvalue weighted by molar-refractivity contribution is 0.636. The summed E-state index contributed by atoms with van der Waals surface area (Å²) in [7, 11) is 0. The van der Waals surface area contributed by atoms with Crippen LogP contribution in [0.2, 0.25) is 0 Å². The molecule has 6 nitrogen and oxygen atoms in total. The summed E-state index contributed by atoms with van der Waals surface area (Å²) in [5, 5.41) is 14.2. The Kier molecular flexibility index (Phi) is 5.02. The fourth-order valence-corrected chi connectivity index (χ4v) is 3.57. The van der Waals surface area contributed by atoms with Crippen molar-refractivity contribution in [3.8, 4) is 22.6 Å². The van der Waals surface area contributed by atoms with Crippen LogP contribution in [-0.4, -0.2) is 25.2 Å². The van der Waals surface area contributed by atoms with E-state index < -0.39 is 0 Å². The van der Waals surface area contributed by atoms with E-state index in [2.05, 4.69) is 58.7 Å². The van der Waals surface area contributed by atoms with Gasteiger partial charge in [-0.1, -0.05) is 62.4 Å². The predicted molar refractivity (Wildman–Crippen MR) is 109 cm³/mol. The zero-order chi connectivity index (χ0) is 19.5. The van der Waals surface area contributed by atoms with E-state index >= 15 is 0 Å². The van der Waals surface area contributed by atoms with Gasteiger partial charge >= 0.3 is 0 Å². The summed E-state index contributed by atoms with van der Waals surface area (Å²) in [6.45, 7) is 4.95. The lowest BCUT2D eigenvalue weighted by Crippen LogP contribution is -2.17. The largest absolute Gasteiger partial charge is 0.308 e. The number of tetrazole rings is 1. The van der Waals surface area contributed by atoms with E-state index in [9.17, 15) is 4.79 Å². The van der Waals surface area contributed by atoms with Crippen LogP contribution in [0.5, 0.6) is 0 Å². The van der Waals surface area contributed by atoms with Gasteiger partial charge in [0.2, 0.25) is 5.82 Å². The van der Waals surface area contributed by atoms with E-state index in [0.29, 0.717) is 23.9 Å². The molecular formula is C22H23N5O. The lowest BCUT2D eigenvalue weighted by atomic mass is 10.0. The van der Waals surface area contributed by atoms with Crippen LogP contribution in [0.4, 0.5) is 0 Å². The number of aromatic nitrogens is 5. The first kappa shape index (κ1) is 18.1. The fourth-order valence-electron chi connectivity index (χ4n) is 3.57. The highest BCUT2D eigenvalue weighted by Crippen LogP contribution is 2.31. The Morgan fingerprint density at radius 3 is 2.61 bits per heavy atom. The molecule has 1 aromatic carbocycles. The third kappa shape index (κ3) is 3.45. The van der Waals surface area contributed by atoms with Crippen molar-refractivity contribution in [1.82, 2.24) is 25.2 Å². The maximum atomic E-state index is 13.3. The number of H-pyrrole nitrogens is 1. The van der Waals surface area contributed by atoms with Gasteiger partial charge in [0.15, 0.2) is 0 Å². The van der Waals surface area contributed by atoms with E-state index in [-0.39, 0.29) is 5.56 Å². The summed E-state index contributed by atoms with van der Waals surface area (Å²) in [6, 6.07) is 18.5. The Morgan fingerprint density at radius 1 is 1.07 bits per heavy atom. The van der Waals surface area contributed by atoms with Crippen molar-refractivity contribution in [3.63, 3.8) is 0 Å². The standard InChI is InChI=1S/C22H23N5O/c1-15(2)17-11-6-12-18-19(14-17)27(13-7-10-16-8-4-3-5-9-16)22(28)20(18)21-23-25-26-24-21/h3-6,8-9,11-12,14-15H,7,10,13H2,1-2H3,(H,23,24,25,26). The second-order valence-electron chi connectivity index (χ2n) is 7.28. The first-order chi connectivity index (χ1) is 13.6. The third-order valence-electron chi connectivity index (χ3n) is 5.08. The molecule has 0 atom stereocenters. The van der Waals surface area contributed by atoms with E-state index in [1.54, 1.807) is 0 Å². The van der Waals surface area contributed by atoms with Gasteiger partial charge in [0, 0.05) is 12.1 Å². The maximum Gasteiger partial charge on any atom is 0.262 e. The van der Waals surface area contributed by atoms with Crippen molar-refractivity contribution < 1.29 is 0 Å². The number of rotatable bonds is 6. The van der Waals surface area contributed by atoms with Gasteiger partial charge in [-0.05, 0) is 41.2 Å². The number of aryl methyl sites for hydroxylation is 1. The zero-order valence-electron chi connectivity index (χ0n) is 16.1. The third-order valence-corrected chi connectivity index (χ3v) is 5.08. The van der Waals surface area contributed by atoms with E-state index in [4.69, 9.17) is 0 Å². The number of fused-ring (bicyclic) bond motifs is 1. The van der Waals surface area contributed by atoms with Crippen LogP contribution >= 0.6 is 0 Å². The molecule has 142 valence electrons. The normalized spacial score (nSPS) is 11.4. The fraction of sp³-hybridized carbons (Fsp3) is 0.273. The van der Waals surface area contributed by atoms with Crippen LogP contribution in [0, 0.1) is 0 Å². The number of nitrogens with one attached hydrogen (secondary N) is 1. The monoisotopic (exact) mass is 373 g/mol. The highest BCUT2D eigenvalue weighted by Gasteiger charge is 2.24. The molecule has 4 rings (SSSR count). The Morgan fingerprint density at radius 2 is 1.89 bits per heavy atom. The second-order valence-corrected chi connectivity index (χ2v) is 7.28. The number of hydrogen-bond acceptors (Lipinski definition) is 4. The van der Waals surface area contributed by atoms with Gasteiger partial charge in [0.1, 0.15) is 0 Å². The molecule has 2 aromatic rings. The molecule has 2 heterocycles. The van der Waals surface area contributed by atoms with E-state index in [1.807, 2.05) is 34.9 Å². The molecule has 6 heteroatoms. The van der Waals surface area contributed by atoms with Gasteiger partial charge in [-0.25, -0.2) is 0 Å². The molecule has 1 aliphatic carbocycles. The summed E-state index contributed by atoms with van der Waals surface area (Å²) < 4.78 is 1.86. The maximum absolute atomic E-state index is 13.3. The quantitative estimate of drug-likeness (QED) is 0.556. The van der Waals surface area contributed by atoms with Crippen molar-refractivity contribution in [1.29, 1.82) is 0 Å². The molecule has 28 heavy (non-hydrogen) atoms. The topological polar surface area (TPSA) is 76.5 Å². The highest BCUT2D eigenvalue weighted by molar-refractivity contribution is 5.80. The van der Waals surface area contributed by atoms with Crippen LogP contribution in [0.15, 0.2) is 59.4 Å². The second kappa shape index (κ2) is 7.76. The minimum absolute atomic E-state index is 0.0645. The highest BCUT2D eigenvalue weighted by atomic mass is 16.1. The zero-order valence-corrected chi connectivity index (χ0v) is 16.1. The first-order valence-electron chi connectivity index (χ1n) is 9.59. The van der Waals surface area contributed by atoms with Gasteiger partial charge < -0.3 is 4.57 Å². The molecule has 0 unspecified atom stereocenters. The molecule has 0 saturated heterocycles. The van der Waals surface area contributed by atoms with E-state index in [1.165, 1.54) is 11.1 Å². The molecule has 0 amide bonds. The van der Waals surface area contributed by atoms with Crippen molar-refractivity contribution in [2.75, 3.05) is 0 Å². The van der Waals surface area contributed by atoms with Crippen molar-refractivity contribution >= 4 is 0 Å². The summed E-state index contributed by atoms with van der Waals surface area (Å²) in [5.41, 5.74) is 4.69. The number of hydrogen-bond donors (Lipinski definition) is 1. The summed E-state index contributed by atoms with van der Waals surface area (Å²) in [4.78, 5) is 13.3. The van der Waals surface area contributed by atoms with Crippen LogP contribution < -0.4 is 5.56 Å². The molecule has 1 aromatic heterocycles. The lowest BCUT2D eigenvalue weighted by Gasteiger charge is -2.08. The smallest absolute Gasteiger partial charge is 0.262 e. The molecule has 0 radical (unpaired) electrons. The Balaban J connectivity index is 1.76. The Bertz CT molecular complexity index is 1080. The number of benzene rings is 1. The van der Waals surface area contributed by atoms with Gasteiger partial charge in [0.25, 0.3) is 5.56 Å². The Labute approximate surface area is 163 Å². The number of aromatic amines is 1. The summed E-state index contributed by atoms with van der Waals surface area (Å²) >= 11 is 0. The first-order valence-corrected chi connectivity index (χ1v) is 9.59. The Hall–Kier alpha value is -3.28. The van der Waals surface area contributed by atoms with Crippen molar-refractivity contribution in [2.24, 2.45) is 0 Å². The van der Waals surface area contributed by atoms with E-state index in [0.717, 1.165) is 24.1 Å². The minimum Gasteiger partial charge on any atom is -0.308 e. The van der Waals surface area contributed by atoms with Crippen LogP contribution in [-0.2, 0) is 13.0 Å². The molecule has 0 spiro atoms. The predicted octanol–water partition coefficient (Wildman–Crippen LogP) is 3.89. The van der Waals surface area contributed by atoms with Gasteiger partial charge in [-0.15, -0.1) is 10.2 Å². The van der Waals surface area contributed by atoms with Crippen molar-refractivity contribution in [2.45, 2.75) is 39.2 Å². The average molecular weight is 373 g/mol. The van der Waals surface area contributed by atoms with Crippen LogP contribution in [0.1, 0.15) is 37.3 Å². The molecule has 0 saturated carbocycles. The van der Waals surface area contributed by atoms with Gasteiger partial charge in [-0.2, -0.15) is 5.21 Å². The molecular weight excluding hydrogens is 350 g/mol. The molecule has 0 fully saturated rings. The van der Waals surface area contributed by atoms with Gasteiger partial charge in [-0.3, -0.25) is 4.79 Å².